The first kappa shape index (κ1) is 20.8. The van der Waals surface area contributed by atoms with Gasteiger partial charge in [0.25, 0.3) is 5.91 Å². The molecule has 6 nitrogen and oxygen atoms in total. The van der Waals surface area contributed by atoms with E-state index >= 15 is 0 Å². The highest BCUT2D eigenvalue weighted by Gasteiger charge is 2.18. The summed E-state index contributed by atoms with van der Waals surface area (Å²) in [6.07, 6.45) is 1.77. The number of nitrogens with zero attached hydrogens (tertiary/aromatic N) is 3. The van der Waals surface area contributed by atoms with E-state index < -0.39 is 0 Å². The lowest BCUT2D eigenvalue weighted by molar-refractivity contribution is 0.102. The second-order valence-electron chi connectivity index (χ2n) is 7.92. The highest BCUT2D eigenvalue weighted by Crippen LogP contribution is 2.25. The number of rotatable bonds is 4. The maximum Gasteiger partial charge on any atom is 0.255 e. The van der Waals surface area contributed by atoms with E-state index in [2.05, 4.69) is 27.1 Å². The summed E-state index contributed by atoms with van der Waals surface area (Å²) in [6.45, 7) is 5.65. The van der Waals surface area contributed by atoms with E-state index in [-0.39, 0.29) is 5.91 Å². The van der Waals surface area contributed by atoms with E-state index in [9.17, 15) is 4.79 Å². The maximum atomic E-state index is 12.8. The molecule has 4 rings (SSSR count). The molecular weight excluding hydrogens is 386 g/mol. The first-order valence-corrected chi connectivity index (χ1v) is 10.5. The van der Waals surface area contributed by atoms with Gasteiger partial charge in [-0.15, -0.1) is 0 Å². The van der Waals surface area contributed by atoms with Crippen LogP contribution in [0, 0.1) is 12.3 Å². The molecule has 1 fully saturated rings. The van der Waals surface area contributed by atoms with Gasteiger partial charge in [0.1, 0.15) is 5.84 Å². The smallest absolute Gasteiger partial charge is 0.255 e. The zero-order valence-corrected chi connectivity index (χ0v) is 17.9. The van der Waals surface area contributed by atoms with Crippen LogP contribution in [0.2, 0.25) is 0 Å². The molecule has 1 aromatic heterocycles. The third-order valence-electron chi connectivity index (χ3n) is 5.68. The summed E-state index contributed by atoms with van der Waals surface area (Å²) in [5.74, 6) is 0.340. The van der Waals surface area contributed by atoms with Crippen LogP contribution in [-0.4, -0.2) is 59.8 Å². The van der Waals surface area contributed by atoms with Crippen molar-refractivity contribution in [3.8, 4) is 11.3 Å². The Morgan fingerprint density at radius 1 is 0.968 bits per heavy atom. The lowest BCUT2D eigenvalue weighted by Crippen LogP contribution is -2.47. The monoisotopic (exact) mass is 413 g/mol. The van der Waals surface area contributed by atoms with Crippen molar-refractivity contribution >= 4 is 17.4 Å². The van der Waals surface area contributed by atoms with E-state index in [0.717, 1.165) is 54.3 Å². The van der Waals surface area contributed by atoms with Gasteiger partial charge in [0.05, 0.1) is 5.69 Å². The van der Waals surface area contributed by atoms with Gasteiger partial charge in [0, 0.05) is 54.8 Å². The Labute approximate surface area is 183 Å². The summed E-state index contributed by atoms with van der Waals surface area (Å²) in [7, 11) is 2.10. The van der Waals surface area contributed by atoms with Crippen molar-refractivity contribution in [1.29, 1.82) is 5.41 Å². The zero-order valence-electron chi connectivity index (χ0n) is 17.9. The minimum Gasteiger partial charge on any atom is -0.354 e. The van der Waals surface area contributed by atoms with E-state index in [4.69, 9.17) is 5.41 Å². The number of nitrogens with one attached hydrogen (secondary N) is 2. The van der Waals surface area contributed by atoms with Gasteiger partial charge in [0.15, 0.2) is 0 Å². The predicted octanol–water partition coefficient (Wildman–Crippen LogP) is 3.88. The summed E-state index contributed by atoms with van der Waals surface area (Å²) in [5.41, 5.74) is 5.09. The third-order valence-corrected chi connectivity index (χ3v) is 5.68. The quantitative estimate of drug-likeness (QED) is 0.503. The molecule has 0 saturated carbocycles. The number of hydrogen-bond acceptors (Lipinski definition) is 4. The molecule has 1 aliphatic rings. The van der Waals surface area contributed by atoms with Gasteiger partial charge in [-0.25, -0.2) is 0 Å². The van der Waals surface area contributed by atoms with Crippen LogP contribution in [0.4, 0.5) is 5.69 Å². The number of anilines is 1. The van der Waals surface area contributed by atoms with E-state index in [1.807, 2.05) is 55.5 Å². The lowest BCUT2D eigenvalue weighted by Gasteiger charge is -2.34. The zero-order chi connectivity index (χ0) is 21.8. The molecule has 6 heteroatoms. The molecule has 2 heterocycles. The molecule has 1 amide bonds. The Hall–Kier alpha value is -3.51. The molecule has 0 aliphatic carbocycles. The van der Waals surface area contributed by atoms with Gasteiger partial charge in [-0.2, -0.15) is 0 Å². The van der Waals surface area contributed by atoms with E-state index in [1.54, 1.807) is 18.3 Å². The Morgan fingerprint density at radius 2 is 1.68 bits per heavy atom. The van der Waals surface area contributed by atoms with Crippen LogP contribution in [0.1, 0.15) is 21.5 Å². The van der Waals surface area contributed by atoms with E-state index in [0.29, 0.717) is 11.4 Å². The van der Waals surface area contributed by atoms with Crippen molar-refractivity contribution in [1.82, 2.24) is 14.8 Å². The fourth-order valence-electron chi connectivity index (χ4n) is 3.69. The number of piperazine rings is 1. The fourth-order valence-corrected chi connectivity index (χ4v) is 3.69. The summed E-state index contributed by atoms with van der Waals surface area (Å²) < 4.78 is 0. The first-order chi connectivity index (χ1) is 15.0. The molecule has 31 heavy (non-hydrogen) atoms. The van der Waals surface area contributed by atoms with Crippen molar-refractivity contribution < 1.29 is 4.79 Å². The molecule has 0 spiro atoms. The van der Waals surface area contributed by atoms with Crippen LogP contribution >= 0.6 is 0 Å². The summed E-state index contributed by atoms with van der Waals surface area (Å²) in [4.78, 5) is 21.5. The molecule has 0 radical (unpaired) electrons. The van der Waals surface area contributed by atoms with Crippen molar-refractivity contribution in [3.63, 3.8) is 0 Å². The number of benzene rings is 2. The number of aryl methyl sites for hydroxylation is 1. The average Bonchev–Trinajstić information content (AvgIpc) is 2.81. The van der Waals surface area contributed by atoms with Crippen molar-refractivity contribution in [2.24, 2.45) is 0 Å². The number of carbonyl (C=O) groups is 1. The minimum atomic E-state index is -0.173. The van der Waals surface area contributed by atoms with Crippen LogP contribution in [0.3, 0.4) is 0 Å². The number of likely N-dealkylation sites (N-methyl/N-ethyl adjacent to an activating group) is 1. The maximum absolute atomic E-state index is 12.8. The summed E-state index contributed by atoms with van der Waals surface area (Å²) in [5, 5.41) is 11.4. The first-order valence-electron chi connectivity index (χ1n) is 10.5. The average molecular weight is 414 g/mol. The molecule has 1 aliphatic heterocycles. The molecule has 0 atom stereocenters. The third kappa shape index (κ3) is 4.81. The minimum absolute atomic E-state index is 0.173. The van der Waals surface area contributed by atoms with Gasteiger partial charge in [-0.3, -0.25) is 15.2 Å². The molecular formula is C25H27N5O. The fraction of sp³-hybridized carbons (Fsp3) is 0.240. The second kappa shape index (κ2) is 9.10. The largest absolute Gasteiger partial charge is 0.354 e. The Kier molecular flexibility index (Phi) is 6.09. The highest BCUT2D eigenvalue weighted by molar-refractivity contribution is 6.05. The van der Waals surface area contributed by atoms with E-state index in [1.165, 1.54) is 0 Å². The number of hydrogen-bond donors (Lipinski definition) is 2. The van der Waals surface area contributed by atoms with Crippen LogP contribution < -0.4 is 5.32 Å². The lowest BCUT2D eigenvalue weighted by atomic mass is 10.0. The van der Waals surface area contributed by atoms with Crippen molar-refractivity contribution in [2.45, 2.75) is 6.92 Å². The molecule has 3 aromatic rings. The van der Waals surface area contributed by atoms with Crippen LogP contribution in [0.15, 0.2) is 66.9 Å². The number of carbonyl (C=O) groups excluding carboxylic acids is 1. The molecule has 2 N–H and O–H groups in total. The number of amides is 1. The normalized spacial score (nSPS) is 14.3. The second-order valence-corrected chi connectivity index (χ2v) is 7.92. The predicted molar refractivity (Wildman–Crippen MR) is 125 cm³/mol. The molecule has 0 bridgehead atoms. The van der Waals surface area contributed by atoms with Crippen molar-refractivity contribution in [3.05, 3.63) is 83.6 Å². The topological polar surface area (TPSA) is 72.3 Å². The van der Waals surface area contributed by atoms with Gasteiger partial charge < -0.3 is 15.1 Å². The number of amidine groups is 1. The molecule has 1 saturated heterocycles. The SMILES string of the molecule is Cc1ccc(NC(=O)c2ccc(C(=N)N3CCN(C)CC3)cc2)cc1-c1ccccn1. The van der Waals surface area contributed by atoms with Gasteiger partial charge in [-0.1, -0.05) is 24.3 Å². The van der Waals surface area contributed by atoms with Gasteiger partial charge in [0.2, 0.25) is 0 Å². The van der Waals surface area contributed by atoms with Crippen LogP contribution in [0.5, 0.6) is 0 Å². The van der Waals surface area contributed by atoms with Crippen molar-refractivity contribution in [2.75, 3.05) is 38.5 Å². The Morgan fingerprint density at radius 3 is 2.35 bits per heavy atom. The number of aromatic nitrogens is 1. The molecule has 0 unspecified atom stereocenters. The summed E-state index contributed by atoms with van der Waals surface area (Å²) >= 11 is 0. The Balaban J connectivity index is 1.45. The number of pyridine rings is 1. The van der Waals surface area contributed by atoms with Gasteiger partial charge >= 0.3 is 0 Å². The summed E-state index contributed by atoms with van der Waals surface area (Å²) in [6, 6.07) is 18.9. The molecule has 2 aromatic carbocycles. The molecule has 158 valence electrons. The van der Waals surface area contributed by atoms with Crippen LogP contribution in [-0.2, 0) is 0 Å². The van der Waals surface area contributed by atoms with Gasteiger partial charge in [-0.05, 0) is 55.9 Å². The Bertz CT molecular complexity index is 1070. The standard InChI is InChI=1S/C25H27N5O/c1-18-6-11-21(17-22(18)23-5-3-4-12-27-23)28-25(31)20-9-7-19(8-10-20)24(26)30-15-13-29(2)14-16-30/h3-12,17,26H,13-16H2,1-2H3,(H,28,31). The van der Waals surface area contributed by atoms with Crippen LogP contribution in [0.25, 0.3) is 11.3 Å². The highest BCUT2D eigenvalue weighted by atomic mass is 16.1.